The molecule has 1 aromatic heterocycles. The van der Waals surface area contributed by atoms with Gasteiger partial charge in [0.1, 0.15) is 11.4 Å². The van der Waals surface area contributed by atoms with Gasteiger partial charge in [0.05, 0.1) is 13.0 Å². The van der Waals surface area contributed by atoms with Gasteiger partial charge in [0.2, 0.25) is 0 Å². The number of rotatable bonds is 8. The number of carboxylic acids is 1. The van der Waals surface area contributed by atoms with Gasteiger partial charge in [-0.25, -0.2) is 4.39 Å². The fourth-order valence-electron chi connectivity index (χ4n) is 4.57. The maximum absolute atomic E-state index is 13.5. The summed E-state index contributed by atoms with van der Waals surface area (Å²) in [5.41, 5.74) is 2.35. The van der Waals surface area contributed by atoms with Crippen molar-refractivity contribution in [2.45, 2.75) is 77.8 Å². The number of nitrogens with zero attached hydrogens (tertiary/aromatic N) is 1. The number of carbonyl (C=O) groups is 2. The number of nitrogens with one attached hydrogen (secondary N) is 1. The SMILES string of the molecule is CC(C)C[C@@H](CC(=O)O)NC(=O)c1cc2c(n(Cc3ccc(F)cc3)c1=O)CCCCCC2. The summed E-state index contributed by atoms with van der Waals surface area (Å²) in [6.07, 6.45) is 6.00. The molecule has 2 aromatic rings. The van der Waals surface area contributed by atoms with Crippen LogP contribution in [0.15, 0.2) is 35.1 Å². The third-order valence-electron chi connectivity index (χ3n) is 6.11. The smallest absolute Gasteiger partial charge is 0.305 e. The van der Waals surface area contributed by atoms with Crippen molar-refractivity contribution in [3.8, 4) is 0 Å². The lowest BCUT2D eigenvalue weighted by molar-refractivity contribution is -0.137. The van der Waals surface area contributed by atoms with Crippen molar-refractivity contribution in [1.29, 1.82) is 0 Å². The Balaban J connectivity index is 2.00. The largest absolute Gasteiger partial charge is 0.481 e. The van der Waals surface area contributed by atoms with Crippen LogP contribution in [-0.4, -0.2) is 27.6 Å². The molecule has 0 unspecified atom stereocenters. The van der Waals surface area contributed by atoms with Gasteiger partial charge >= 0.3 is 5.97 Å². The Morgan fingerprint density at radius 2 is 1.76 bits per heavy atom. The monoisotopic (exact) mass is 456 g/mol. The molecule has 0 radical (unpaired) electrons. The maximum Gasteiger partial charge on any atom is 0.305 e. The van der Waals surface area contributed by atoms with E-state index in [0.29, 0.717) is 6.42 Å². The summed E-state index contributed by atoms with van der Waals surface area (Å²) in [6, 6.07) is 7.17. The van der Waals surface area contributed by atoms with Gasteiger partial charge in [-0.15, -0.1) is 0 Å². The van der Waals surface area contributed by atoms with Crippen LogP contribution in [0.4, 0.5) is 4.39 Å². The summed E-state index contributed by atoms with van der Waals surface area (Å²) in [7, 11) is 0. The van der Waals surface area contributed by atoms with Gasteiger partial charge in [-0.2, -0.15) is 0 Å². The van der Waals surface area contributed by atoms with Crippen LogP contribution in [-0.2, 0) is 24.2 Å². The minimum Gasteiger partial charge on any atom is -0.481 e. The average Bonchev–Trinajstić information content (AvgIpc) is 2.71. The van der Waals surface area contributed by atoms with E-state index in [9.17, 15) is 23.9 Å². The molecule has 6 nitrogen and oxygen atoms in total. The molecule has 1 aliphatic carbocycles. The van der Waals surface area contributed by atoms with Crippen molar-refractivity contribution < 1.29 is 19.1 Å². The topological polar surface area (TPSA) is 88.4 Å². The second-order valence-electron chi connectivity index (χ2n) is 9.36. The Hall–Kier alpha value is -2.96. The molecule has 7 heteroatoms. The molecule has 0 saturated carbocycles. The second-order valence-corrected chi connectivity index (χ2v) is 9.36. The lowest BCUT2D eigenvalue weighted by Gasteiger charge is -2.23. The van der Waals surface area contributed by atoms with E-state index < -0.39 is 23.5 Å². The fourth-order valence-corrected chi connectivity index (χ4v) is 4.57. The van der Waals surface area contributed by atoms with Crippen LogP contribution in [0.5, 0.6) is 0 Å². The Bertz CT molecular complexity index is 1040. The fraction of sp³-hybridized carbons (Fsp3) is 0.500. The van der Waals surface area contributed by atoms with Crippen LogP contribution < -0.4 is 10.9 Å². The summed E-state index contributed by atoms with van der Waals surface area (Å²) in [5, 5.41) is 12.0. The minimum absolute atomic E-state index is 0.0376. The van der Waals surface area contributed by atoms with E-state index in [2.05, 4.69) is 5.32 Å². The molecule has 1 atom stereocenters. The van der Waals surface area contributed by atoms with E-state index in [-0.39, 0.29) is 30.3 Å². The van der Waals surface area contributed by atoms with Gasteiger partial charge in [-0.05, 0) is 67.3 Å². The molecule has 0 fully saturated rings. The number of halogens is 1. The van der Waals surface area contributed by atoms with Crippen molar-refractivity contribution in [2.24, 2.45) is 5.92 Å². The molecule has 1 aliphatic rings. The number of aliphatic carboxylic acids is 1. The van der Waals surface area contributed by atoms with E-state index >= 15 is 0 Å². The number of carboxylic acid groups (broad SMARTS) is 1. The Morgan fingerprint density at radius 1 is 1.09 bits per heavy atom. The zero-order chi connectivity index (χ0) is 24.0. The van der Waals surface area contributed by atoms with E-state index in [1.807, 2.05) is 13.8 Å². The van der Waals surface area contributed by atoms with Crippen LogP contribution in [0.25, 0.3) is 0 Å². The van der Waals surface area contributed by atoms with Crippen molar-refractivity contribution in [2.75, 3.05) is 0 Å². The highest BCUT2D eigenvalue weighted by Crippen LogP contribution is 2.21. The summed E-state index contributed by atoms with van der Waals surface area (Å²) in [4.78, 5) is 37.9. The third kappa shape index (κ3) is 6.76. The molecular weight excluding hydrogens is 423 g/mol. The van der Waals surface area contributed by atoms with Crippen LogP contribution in [0.2, 0.25) is 0 Å². The number of amides is 1. The number of aromatic nitrogens is 1. The summed E-state index contributed by atoms with van der Waals surface area (Å²) in [5.74, 6) is -1.68. The van der Waals surface area contributed by atoms with Crippen molar-refractivity contribution in [3.63, 3.8) is 0 Å². The van der Waals surface area contributed by atoms with Crippen molar-refractivity contribution in [3.05, 3.63) is 68.9 Å². The Labute approximate surface area is 193 Å². The second kappa shape index (κ2) is 11.3. The number of aryl methyl sites for hydroxylation is 1. The van der Waals surface area contributed by atoms with Gasteiger partial charge in [0.25, 0.3) is 11.5 Å². The predicted octanol–water partition coefficient (Wildman–Crippen LogP) is 4.31. The molecule has 33 heavy (non-hydrogen) atoms. The van der Waals surface area contributed by atoms with Gasteiger partial charge in [0.15, 0.2) is 0 Å². The number of carbonyl (C=O) groups excluding carboxylic acids is 1. The van der Waals surface area contributed by atoms with Crippen LogP contribution in [0.1, 0.15) is 79.6 Å². The highest BCUT2D eigenvalue weighted by atomic mass is 19.1. The zero-order valence-corrected chi connectivity index (χ0v) is 19.4. The number of hydrogen-bond acceptors (Lipinski definition) is 3. The van der Waals surface area contributed by atoms with Crippen LogP contribution in [0.3, 0.4) is 0 Å². The zero-order valence-electron chi connectivity index (χ0n) is 19.4. The van der Waals surface area contributed by atoms with Gasteiger partial charge < -0.3 is 15.0 Å². The first-order chi connectivity index (χ1) is 15.7. The highest BCUT2D eigenvalue weighted by Gasteiger charge is 2.23. The number of hydrogen-bond donors (Lipinski definition) is 2. The Morgan fingerprint density at radius 3 is 2.39 bits per heavy atom. The molecule has 0 aliphatic heterocycles. The van der Waals surface area contributed by atoms with Crippen LogP contribution in [0, 0.1) is 11.7 Å². The lowest BCUT2D eigenvalue weighted by atomic mass is 9.95. The number of benzene rings is 1. The quantitative estimate of drug-likeness (QED) is 0.619. The minimum atomic E-state index is -0.993. The van der Waals surface area contributed by atoms with Crippen LogP contribution >= 0.6 is 0 Å². The third-order valence-corrected chi connectivity index (χ3v) is 6.11. The van der Waals surface area contributed by atoms with E-state index in [1.165, 1.54) is 12.1 Å². The summed E-state index contributed by atoms with van der Waals surface area (Å²) in [6.45, 7) is 4.18. The van der Waals surface area contributed by atoms with E-state index in [1.54, 1.807) is 22.8 Å². The first kappa shape index (κ1) is 24.7. The van der Waals surface area contributed by atoms with E-state index in [0.717, 1.165) is 55.3 Å². The standard InChI is InChI=1S/C26H33FN2O4/c1-17(2)13-21(15-24(30)31)28-25(32)22-14-19-7-5-3-4-6-8-23(19)29(26(22)33)16-18-9-11-20(27)12-10-18/h9-12,14,17,21H,3-8,13,15-16H2,1-2H3,(H,28,32)(H,30,31)/t21-/m0/s1. The summed E-state index contributed by atoms with van der Waals surface area (Å²) < 4.78 is 15.0. The maximum atomic E-state index is 13.5. The average molecular weight is 457 g/mol. The predicted molar refractivity (Wildman–Crippen MR) is 125 cm³/mol. The first-order valence-corrected chi connectivity index (χ1v) is 11.8. The first-order valence-electron chi connectivity index (χ1n) is 11.8. The van der Waals surface area contributed by atoms with Gasteiger partial charge in [0, 0.05) is 11.7 Å². The van der Waals surface area contributed by atoms with Gasteiger partial charge in [-0.3, -0.25) is 14.4 Å². The molecule has 0 spiro atoms. The molecule has 3 rings (SSSR count). The van der Waals surface area contributed by atoms with E-state index in [4.69, 9.17) is 0 Å². The van der Waals surface area contributed by atoms with Crippen molar-refractivity contribution >= 4 is 11.9 Å². The van der Waals surface area contributed by atoms with Crippen molar-refractivity contribution in [1.82, 2.24) is 9.88 Å². The van der Waals surface area contributed by atoms with Gasteiger partial charge in [-0.1, -0.05) is 38.8 Å². The number of pyridine rings is 1. The molecular formula is C26H33FN2O4. The molecule has 0 bridgehead atoms. The molecule has 1 heterocycles. The molecule has 2 N–H and O–H groups in total. The normalized spacial score (nSPS) is 14.8. The Kier molecular flexibility index (Phi) is 8.42. The molecule has 178 valence electrons. The summed E-state index contributed by atoms with van der Waals surface area (Å²) >= 11 is 0. The molecule has 1 aromatic carbocycles. The molecule has 0 saturated heterocycles. The number of fused-ring (bicyclic) bond motifs is 1. The lowest BCUT2D eigenvalue weighted by Crippen LogP contribution is -2.41. The molecule has 1 amide bonds. The highest BCUT2D eigenvalue weighted by molar-refractivity contribution is 5.94.